The summed E-state index contributed by atoms with van der Waals surface area (Å²) in [6, 6.07) is 194. The van der Waals surface area contributed by atoms with Crippen LogP contribution in [0, 0.1) is 0 Å². The van der Waals surface area contributed by atoms with Crippen LogP contribution in [0.1, 0.15) is 22.6 Å². The predicted octanol–water partition coefficient (Wildman–Crippen LogP) is 35.2. The van der Waals surface area contributed by atoms with Crippen LogP contribution < -0.4 is 14.7 Å². The third-order valence-corrected chi connectivity index (χ3v) is 27.4. The monoisotopic (exact) mass is 1760 g/mol. The van der Waals surface area contributed by atoms with Crippen LogP contribution in [0.4, 0.5) is 51.2 Å². The number of para-hydroxylation sites is 4. The molecule has 0 amide bonds. The van der Waals surface area contributed by atoms with Crippen molar-refractivity contribution in [3.8, 4) is 123 Å². The summed E-state index contributed by atoms with van der Waals surface area (Å²) >= 11 is 0. The molecule has 0 fully saturated rings. The van der Waals surface area contributed by atoms with Gasteiger partial charge in [0.1, 0.15) is 0 Å². The summed E-state index contributed by atoms with van der Waals surface area (Å²) in [5.74, 6) is 0.588. The average molecular weight is 1760 g/mol. The van der Waals surface area contributed by atoms with E-state index in [1.54, 1.807) is 0 Å². The quantitative estimate of drug-likeness (QED) is 0.0717. The lowest BCUT2D eigenvalue weighted by molar-refractivity contribution is 1.01. The fourth-order valence-electron chi connectivity index (χ4n) is 20.7. The molecule has 138 heavy (non-hydrogen) atoms. The highest BCUT2D eigenvalue weighted by Gasteiger charge is 2.32. The van der Waals surface area contributed by atoms with Gasteiger partial charge in [0, 0.05) is 107 Å². The zero-order valence-electron chi connectivity index (χ0n) is 75.5. The van der Waals surface area contributed by atoms with E-state index in [-0.39, 0.29) is 5.92 Å². The van der Waals surface area contributed by atoms with Gasteiger partial charge < -0.3 is 23.8 Å². The Kier molecular flexibility index (Phi) is 20.9. The van der Waals surface area contributed by atoms with Gasteiger partial charge in [-0.05, 0) is 246 Å². The van der Waals surface area contributed by atoms with Crippen LogP contribution in [0.2, 0.25) is 0 Å². The second-order valence-corrected chi connectivity index (χ2v) is 35.6. The summed E-state index contributed by atoms with van der Waals surface area (Å²) < 4.78 is 4.80. The first-order valence-electron chi connectivity index (χ1n) is 47.2. The number of nitrogens with zero attached hydrogens (tertiary/aromatic N) is 7. The van der Waals surface area contributed by atoms with Crippen LogP contribution in [-0.2, 0) is 0 Å². The summed E-state index contributed by atoms with van der Waals surface area (Å²) in [6.45, 7) is 0. The Bertz CT molecular complexity index is 8280. The zero-order valence-corrected chi connectivity index (χ0v) is 75.5. The highest BCUT2D eigenvalue weighted by atomic mass is 15.2. The molecule has 21 aromatic carbocycles. The van der Waals surface area contributed by atoms with E-state index in [0.717, 1.165) is 146 Å². The van der Waals surface area contributed by atoms with Crippen LogP contribution in [0.5, 0.6) is 0 Å². The molecular weight excluding hydrogens is 1670 g/mol. The van der Waals surface area contributed by atoms with E-state index in [0.29, 0.717) is 5.82 Å². The number of hydrogen-bond acceptors (Lipinski definition) is 5. The van der Waals surface area contributed by atoms with Crippen molar-refractivity contribution in [2.75, 3.05) is 14.7 Å². The number of hydrogen-bond donors (Lipinski definition) is 0. The van der Waals surface area contributed by atoms with Gasteiger partial charge in [0.2, 0.25) is 0 Å². The maximum absolute atomic E-state index is 5.88. The third-order valence-electron chi connectivity index (χ3n) is 27.4. The molecule has 7 heteroatoms. The Morgan fingerprint density at radius 3 is 0.841 bits per heavy atom. The van der Waals surface area contributed by atoms with Crippen molar-refractivity contribution < 1.29 is 0 Å². The molecule has 3 aromatic heterocycles. The summed E-state index contributed by atoms with van der Waals surface area (Å²) in [7, 11) is 0. The SMILES string of the molecule is c1ccc(-c2ccc(-c3ccc(N(c4cccc(-c5cc(-c6cccc(N(c7ccc(-c8ccc(-c9ccccc9)cc8)cc7)c7ccc8c9ccccc9n(-c9ccccc9)c8c7)c6)nc(-c6cccc(N(c7ccc(-c8ccc(-c9ccccc9)cc8)cc7)c7ccc8c9ccccc9n(-c9ccccc9)c8c7)c6)n5)c4)c4ccc5c(c4)C(c4ccccc4)c4ccccc4-5)cc3)cc2)cc1. The van der Waals surface area contributed by atoms with Crippen molar-refractivity contribution in [1.82, 2.24) is 19.1 Å². The van der Waals surface area contributed by atoms with E-state index in [4.69, 9.17) is 9.97 Å². The Morgan fingerprint density at radius 1 is 0.167 bits per heavy atom. The van der Waals surface area contributed by atoms with E-state index in [1.165, 1.54) is 82.7 Å². The smallest absolute Gasteiger partial charge is 0.160 e. The molecule has 0 saturated carbocycles. The molecule has 1 aliphatic carbocycles. The van der Waals surface area contributed by atoms with Crippen molar-refractivity contribution in [1.29, 1.82) is 0 Å². The molecule has 0 spiro atoms. The molecule has 0 bridgehead atoms. The van der Waals surface area contributed by atoms with E-state index in [1.807, 2.05) is 0 Å². The van der Waals surface area contributed by atoms with E-state index >= 15 is 0 Å². The van der Waals surface area contributed by atoms with E-state index < -0.39 is 0 Å². The van der Waals surface area contributed by atoms with Crippen LogP contribution in [0.3, 0.4) is 0 Å². The first-order chi connectivity index (χ1) is 68.4. The largest absolute Gasteiger partial charge is 0.310 e. The molecule has 1 unspecified atom stereocenters. The molecular formula is C131H89N7. The number of aromatic nitrogens is 4. The van der Waals surface area contributed by atoms with Crippen LogP contribution in [0.15, 0.2) is 534 Å². The fraction of sp³-hybridized carbons (Fsp3) is 0.00763. The average Bonchev–Trinajstić information content (AvgIpc) is 1.60. The molecule has 25 rings (SSSR count). The zero-order chi connectivity index (χ0) is 91.4. The van der Waals surface area contributed by atoms with E-state index in [2.05, 4.69) is 558 Å². The Morgan fingerprint density at radius 2 is 0.442 bits per heavy atom. The number of fused-ring (bicyclic) bond motifs is 9. The molecule has 7 nitrogen and oxygen atoms in total. The minimum Gasteiger partial charge on any atom is -0.310 e. The van der Waals surface area contributed by atoms with Gasteiger partial charge in [-0.15, -0.1) is 0 Å². The molecule has 0 radical (unpaired) electrons. The lowest BCUT2D eigenvalue weighted by Gasteiger charge is -2.27. The second kappa shape index (κ2) is 35.3. The van der Waals surface area contributed by atoms with Gasteiger partial charge in [-0.3, -0.25) is 0 Å². The minimum atomic E-state index is 0.0259. The van der Waals surface area contributed by atoms with Crippen molar-refractivity contribution in [2.45, 2.75) is 5.92 Å². The van der Waals surface area contributed by atoms with Crippen LogP contribution >= 0.6 is 0 Å². The summed E-state index contributed by atoms with van der Waals surface area (Å²) in [4.78, 5) is 19.0. The van der Waals surface area contributed by atoms with Crippen LogP contribution in [0.25, 0.3) is 167 Å². The highest BCUT2D eigenvalue weighted by molar-refractivity contribution is 6.12. The standard InChI is InChI=1S/C131H89N7/c1-7-28-89(29-8-1)92-52-58-95(59-53-92)98-64-70-107(71-65-98)134(113-76-79-117-116-46-19-20-49-122(116)130(123(117)85-113)101-34-13-4-14-35-101)110-43-25-36-102(82-110)124-88-125(103-37-26-44-111(83-103)135(108-72-66-99(67-73-108)96-60-54-93(55-61-96)90-30-9-2-10-31-90)114-77-80-120-118-47-21-23-50-126(118)137(128(120)86-114)105-39-15-5-16-40-105)133-131(132-124)104-38-27-45-112(84-104)136(109-74-68-100(69-75-109)97-62-56-94(57-63-97)91-32-11-3-12-33-91)115-78-81-121-119-48-22-24-51-127(119)138(129(121)87-115)106-41-17-6-18-42-106/h1-88,130H. The van der Waals surface area contributed by atoms with Gasteiger partial charge in [0.15, 0.2) is 5.82 Å². The normalized spacial score (nSPS) is 12.1. The molecule has 1 aliphatic rings. The first-order valence-corrected chi connectivity index (χ1v) is 47.2. The van der Waals surface area contributed by atoms with E-state index in [9.17, 15) is 0 Å². The van der Waals surface area contributed by atoms with Crippen molar-refractivity contribution in [3.63, 3.8) is 0 Å². The Hall–Kier alpha value is -18.3. The molecule has 0 saturated heterocycles. The predicted molar refractivity (Wildman–Crippen MR) is 577 cm³/mol. The van der Waals surface area contributed by atoms with Crippen LogP contribution in [-0.4, -0.2) is 19.1 Å². The van der Waals surface area contributed by atoms with Gasteiger partial charge in [0.25, 0.3) is 0 Å². The summed E-state index contributed by atoms with van der Waals surface area (Å²) in [5, 5.41) is 4.71. The topological polar surface area (TPSA) is 45.4 Å². The first kappa shape index (κ1) is 81.7. The number of rotatable bonds is 21. The van der Waals surface area contributed by atoms with Gasteiger partial charge >= 0.3 is 0 Å². The third kappa shape index (κ3) is 15.3. The van der Waals surface area contributed by atoms with Gasteiger partial charge in [-0.1, -0.05) is 382 Å². The Labute approximate surface area is 802 Å². The maximum atomic E-state index is 5.88. The van der Waals surface area contributed by atoms with Crippen molar-refractivity contribution in [3.05, 3.63) is 551 Å². The Balaban J connectivity index is 0.666. The summed E-state index contributed by atoms with van der Waals surface area (Å²) in [5.41, 5.74) is 39.9. The van der Waals surface area contributed by atoms with Gasteiger partial charge in [-0.2, -0.15) is 0 Å². The molecule has 3 heterocycles. The molecule has 24 aromatic rings. The van der Waals surface area contributed by atoms with Gasteiger partial charge in [-0.25, -0.2) is 9.97 Å². The number of anilines is 9. The molecule has 1 atom stereocenters. The second-order valence-electron chi connectivity index (χ2n) is 35.6. The highest BCUT2D eigenvalue weighted by Crippen LogP contribution is 2.52. The molecule has 648 valence electrons. The lowest BCUT2D eigenvalue weighted by Crippen LogP contribution is -2.11. The minimum absolute atomic E-state index is 0.0259. The fourth-order valence-corrected chi connectivity index (χ4v) is 20.7. The number of benzene rings is 21. The molecule has 0 N–H and O–H groups in total. The lowest BCUT2D eigenvalue weighted by atomic mass is 9.89. The van der Waals surface area contributed by atoms with Crippen molar-refractivity contribution >= 4 is 94.8 Å². The maximum Gasteiger partial charge on any atom is 0.160 e. The van der Waals surface area contributed by atoms with Gasteiger partial charge in [0.05, 0.1) is 33.5 Å². The van der Waals surface area contributed by atoms with Crippen molar-refractivity contribution in [2.24, 2.45) is 0 Å². The molecule has 0 aliphatic heterocycles. The summed E-state index contributed by atoms with van der Waals surface area (Å²) in [6.07, 6.45) is 0.